The van der Waals surface area contributed by atoms with Crippen LogP contribution in [-0.2, 0) is 9.36 Å². The second kappa shape index (κ2) is 9.57. The van der Waals surface area contributed by atoms with Gasteiger partial charge in [0.25, 0.3) is 0 Å². The highest BCUT2D eigenvalue weighted by molar-refractivity contribution is 7.99. The lowest BCUT2D eigenvalue weighted by Crippen LogP contribution is -2.29. The predicted octanol–water partition coefficient (Wildman–Crippen LogP) is 5.70. The summed E-state index contributed by atoms with van der Waals surface area (Å²) in [5.41, 5.74) is -0.409. The van der Waals surface area contributed by atoms with Gasteiger partial charge in [-0.3, -0.25) is 4.79 Å². The Bertz CT molecular complexity index is 804. The number of benzene rings is 2. The van der Waals surface area contributed by atoms with E-state index in [-0.39, 0.29) is 5.75 Å². The summed E-state index contributed by atoms with van der Waals surface area (Å²) in [6.45, 7) is 0. The number of phenolic OH excluding ortho intramolecular Hbond substituents is 1. The Kier molecular flexibility index (Phi) is 7.14. The number of phenols is 1. The van der Waals surface area contributed by atoms with Crippen molar-refractivity contribution >= 4 is 37.0 Å². The first kappa shape index (κ1) is 20.2. The first-order chi connectivity index (χ1) is 13.1. The molecular weight excluding hydrogens is 379 g/mol. The SMILES string of the molecule is O=[PH+]C(CSc1c(O)ccc2ccccc12)C(CC1CCCCC1)C(=O)O. The molecule has 0 aliphatic heterocycles. The van der Waals surface area contributed by atoms with Gasteiger partial charge < -0.3 is 10.2 Å². The number of aliphatic carboxylic acids is 1. The fourth-order valence-corrected chi connectivity index (χ4v) is 6.11. The molecule has 1 saturated carbocycles. The van der Waals surface area contributed by atoms with E-state index < -0.39 is 26.0 Å². The standard InChI is InChI=1S/C21H25O4PS/c22-18-11-10-15-8-4-5-9-16(15)20(18)27-13-19(26-25)17(21(23)24)12-14-6-2-1-3-7-14/h4-5,8-11,14,17,19,22H,1-3,6-7,12-13H2,(H,23,24)/p+1. The number of carboxylic acid groups (broad SMARTS) is 1. The van der Waals surface area contributed by atoms with Crippen LogP contribution in [-0.4, -0.2) is 27.6 Å². The molecule has 4 nitrogen and oxygen atoms in total. The van der Waals surface area contributed by atoms with Gasteiger partial charge in [0.05, 0.1) is 4.90 Å². The predicted molar refractivity (Wildman–Crippen MR) is 111 cm³/mol. The van der Waals surface area contributed by atoms with Gasteiger partial charge in [-0.15, -0.1) is 11.8 Å². The fourth-order valence-electron chi connectivity index (χ4n) is 4.01. The number of carbonyl (C=O) groups is 1. The molecule has 0 aromatic heterocycles. The molecule has 0 amide bonds. The van der Waals surface area contributed by atoms with Crippen molar-refractivity contribution in [3.8, 4) is 5.75 Å². The van der Waals surface area contributed by atoms with Gasteiger partial charge in [-0.05, 0) is 29.2 Å². The summed E-state index contributed by atoms with van der Waals surface area (Å²) in [7, 11) is -0.665. The minimum atomic E-state index is -0.850. The Morgan fingerprint density at radius 3 is 2.59 bits per heavy atom. The lowest BCUT2D eigenvalue weighted by Gasteiger charge is -2.25. The second-order valence-corrected chi connectivity index (χ2v) is 9.36. The number of rotatable bonds is 8. The van der Waals surface area contributed by atoms with E-state index in [0.29, 0.717) is 18.1 Å². The van der Waals surface area contributed by atoms with Gasteiger partial charge in [0.1, 0.15) is 11.7 Å². The van der Waals surface area contributed by atoms with Gasteiger partial charge in [0.15, 0.2) is 5.66 Å². The van der Waals surface area contributed by atoms with Gasteiger partial charge in [0.2, 0.25) is 0 Å². The van der Waals surface area contributed by atoms with Crippen molar-refractivity contribution in [2.24, 2.45) is 11.8 Å². The summed E-state index contributed by atoms with van der Waals surface area (Å²) in [4.78, 5) is 12.6. The molecule has 2 aromatic carbocycles. The van der Waals surface area contributed by atoms with Crippen molar-refractivity contribution in [2.75, 3.05) is 5.75 Å². The molecule has 1 aliphatic carbocycles. The number of thioether (sulfide) groups is 1. The van der Waals surface area contributed by atoms with Crippen LogP contribution in [0.25, 0.3) is 10.8 Å². The molecule has 0 radical (unpaired) electrons. The molecule has 2 aromatic rings. The van der Waals surface area contributed by atoms with Gasteiger partial charge in [-0.1, -0.05) is 67.0 Å². The average molecular weight is 405 g/mol. The van der Waals surface area contributed by atoms with Crippen LogP contribution in [0, 0.1) is 11.8 Å². The number of hydrogen-bond acceptors (Lipinski definition) is 4. The van der Waals surface area contributed by atoms with E-state index in [4.69, 9.17) is 0 Å². The molecule has 6 heteroatoms. The molecule has 3 atom stereocenters. The maximum absolute atomic E-state index is 11.9. The lowest BCUT2D eigenvalue weighted by atomic mass is 9.82. The van der Waals surface area contributed by atoms with Crippen LogP contribution in [0.1, 0.15) is 38.5 Å². The first-order valence-electron chi connectivity index (χ1n) is 9.54. The molecule has 0 saturated heterocycles. The largest absolute Gasteiger partial charge is 0.507 e. The maximum atomic E-state index is 11.9. The summed E-state index contributed by atoms with van der Waals surface area (Å²) in [5, 5.41) is 22.0. The van der Waals surface area contributed by atoms with Crippen molar-refractivity contribution in [1.82, 2.24) is 0 Å². The molecule has 27 heavy (non-hydrogen) atoms. The van der Waals surface area contributed by atoms with Gasteiger partial charge in [-0.2, -0.15) is 0 Å². The third-order valence-corrected chi connectivity index (χ3v) is 7.98. The van der Waals surface area contributed by atoms with E-state index >= 15 is 0 Å². The molecule has 1 aliphatic rings. The first-order valence-corrected chi connectivity index (χ1v) is 11.5. The summed E-state index contributed by atoms with van der Waals surface area (Å²) >= 11 is 1.41. The highest BCUT2D eigenvalue weighted by Gasteiger charge is 2.36. The van der Waals surface area contributed by atoms with Crippen molar-refractivity contribution < 1.29 is 19.6 Å². The van der Waals surface area contributed by atoms with E-state index in [1.54, 1.807) is 6.07 Å². The maximum Gasteiger partial charge on any atom is 0.329 e. The van der Waals surface area contributed by atoms with Crippen molar-refractivity contribution in [1.29, 1.82) is 0 Å². The lowest BCUT2D eigenvalue weighted by molar-refractivity contribution is -0.142. The summed E-state index contributed by atoms with van der Waals surface area (Å²) in [6.07, 6.45) is 6.33. The van der Waals surface area contributed by atoms with Gasteiger partial charge in [0, 0.05) is 5.75 Å². The molecule has 2 N–H and O–H groups in total. The molecule has 0 bridgehead atoms. The van der Waals surface area contributed by atoms with E-state index in [1.807, 2.05) is 30.3 Å². The number of carboxylic acids is 1. The zero-order valence-corrected chi connectivity index (χ0v) is 17.1. The Labute approximate surface area is 165 Å². The third-order valence-electron chi connectivity index (χ3n) is 5.53. The molecule has 3 rings (SSSR count). The quantitative estimate of drug-likeness (QED) is 0.435. The topological polar surface area (TPSA) is 74.6 Å². The van der Waals surface area contributed by atoms with Gasteiger partial charge in [-0.25, -0.2) is 0 Å². The van der Waals surface area contributed by atoms with Crippen molar-refractivity contribution in [2.45, 2.75) is 49.1 Å². The monoisotopic (exact) mass is 405 g/mol. The summed E-state index contributed by atoms with van der Waals surface area (Å²) < 4.78 is 11.9. The minimum absolute atomic E-state index is 0.186. The summed E-state index contributed by atoms with van der Waals surface area (Å²) in [5.74, 6) is -0.404. The normalized spacial score (nSPS) is 17.8. The van der Waals surface area contributed by atoms with Crippen molar-refractivity contribution in [3.63, 3.8) is 0 Å². The van der Waals surface area contributed by atoms with E-state index in [0.717, 1.165) is 28.5 Å². The Morgan fingerprint density at radius 2 is 1.89 bits per heavy atom. The van der Waals surface area contributed by atoms with Crippen LogP contribution in [0.3, 0.4) is 0 Å². The van der Waals surface area contributed by atoms with Crippen LogP contribution in [0.15, 0.2) is 41.3 Å². The van der Waals surface area contributed by atoms with Crippen LogP contribution in [0.2, 0.25) is 0 Å². The highest BCUT2D eigenvalue weighted by atomic mass is 32.2. The van der Waals surface area contributed by atoms with Gasteiger partial charge >= 0.3 is 14.4 Å². The number of hydrogen-bond donors (Lipinski definition) is 2. The minimum Gasteiger partial charge on any atom is -0.507 e. The van der Waals surface area contributed by atoms with E-state index in [2.05, 4.69) is 0 Å². The number of fused-ring (bicyclic) bond motifs is 1. The van der Waals surface area contributed by atoms with Crippen LogP contribution >= 0.6 is 20.2 Å². The fraction of sp³-hybridized carbons (Fsp3) is 0.476. The Balaban J connectivity index is 1.74. The molecular formula is C21H26O4PS+. The molecule has 0 heterocycles. The van der Waals surface area contributed by atoms with Crippen LogP contribution in [0.5, 0.6) is 5.75 Å². The van der Waals surface area contributed by atoms with Crippen LogP contribution < -0.4 is 0 Å². The van der Waals surface area contributed by atoms with E-state index in [1.165, 1.54) is 31.0 Å². The Morgan fingerprint density at radius 1 is 1.15 bits per heavy atom. The average Bonchev–Trinajstić information content (AvgIpc) is 2.69. The number of aromatic hydroxyl groups is 1. The molecule has 144 valence electrons. The highest BCUT2D eigenvalue weighted by Crippen LogP contribution is 2.39. The Hall–Kier alpha value is -1.58. The zero-order chi connectivity index (χ0) is 19.2. The molecule has 0 spiro atoms. The zero-order valence-electron chi connectivity index (χ0n) is 15.3. The van der Waals surface area contributed by atoms with E-state index in [9.17, 15) is 19.6 Å². The summed E-state index contributed by atoms with van der Waals surface area (Å²) in [6, 6.07) is 11.3. The smallest absolute Gasteiger partial charge is 0.329 e. The third kappa shape index (κ3) is 5.03. The molecule has 3 unspecified atom stereocenters. The van der Waals surface area contributed by atoms with Crippen molar-refractivity contribution in [3.05, 3.63) is 36.4 Å². The molecule has 1 fully saturated rings. The second-order valence-electron chi connectivity index (χ2n) is 7.35. The van der Waals surface area contributed by atoms with Crippen LogP contribution in [0.4, 0.5) is 0 Å².